The first-order chi connectivity index (χ1) is 17.4. The Morgan fingerprint density at radius 3 is 2.00 bits per heavy atom. The summed E-state index contributed by atoms with van der Waals surface area (Å²) in [4.78, 5) is 67.1. The van der Waals surface area contributed by atoms with Crippen molar-refractivity contribution in [1.82, 2.24) is 20.9 Å². The van der Waals surface area contributed by atoms with Crippen molar-refractivity contribution in [2.75, 3.05) is 6.54 Å². The van der Waals surface area contributed by atoms with Gasteiger partial charge in [-0.15, -0.1) is 0 Å². The summed E-state index contributed by atoms with van der Waals surface area (Å²) in [6.45, 7) is 11.9. The number of Topliss-reactive ketones (excluding diaryl/α,β-unsaturated/α-hetero) is 1. The fourth-order valence-corrected chi connectivity index (χ4v) is 5.14. The van der Waals surface area contributed by atoms with Gasteiger partial charge in [-0.05, 0) is 55.8 Å². The van der Waals surface area contributed by atoms with Crippen LogP contribution in [0.15, 0.2) is 0 Å². The van der Waals surface area contributed by atoms with Crippen LogP contribution in [-0.2, 0) is 24.0 Å². The third-order valence-corrected chi connectivity index (χ3v) is 7.64. The Bertz CT molecular complexity index is 878. The van der Waals surface area contributed by atoms with Gasteiger partial charge in [0, 0.05) is 18.5 Å². The fourth-order valence-electron chi connectivity index (χ4n) is 5.14. The molecule has 3 fully saturated rings. The summed E-state index contributed by atoms with van der Waals surface area (Å²) < 4.78 is 0. The molecule has 0 radical (unpaired) electrons. The summed E-state index contributed by atoms with van der Waals surface area (Å²) in [6.07, 6.45) is 5.60. The Morgan fingerprint density at radius 2 is 1.49 bits per heavy atom. The van der Waals surface area contributed by atoms with Gasteiger partial charge in [0.1, 0.15) is 12.1 Å². The molecule has 1 saturated heterocycles. The van der Waals surface area contributed by atoms with E-state index >= 15 is 0 Å². The van der Waals surface area contributed by atoms with Crippen molar-refractivity contribution in [3.05, 3.63) is 0 Å². The zero-order chi connectivity index (χ0) is 27.4. The normalized spacial score (nSPS) is 23.2. The number of likely N-dealkylation sites (tertiary alicyclic amines) is 1. The predicted molar refractivity (Wildman–Crippen MR) is 140 cm³/mol. The van der Waals surface area contributed by atoms with Crippen LogP contribution >= 0.6 is 0 Å². The SMILES string of the molecule is CC(C)C[C@H]1CCN(C(=O)[C@@H](NC(=O)C(C)C)C(C)C)[C@@H]1C(=O)NC(CC1CC1)C(=O)C(=O)NC1CC1. The molecule has 0 aromatic heterocycles. The van der Waals surface area contributed by atoms with Crippen molar-refractivity contribution in [2.24, 2.45) is 29.6 Å². The molecule has 2 saturated carbocycles. The number of amides is 4. The number of ketones is 1. The molecule has 1 aliphatic heterocycles. The Balaban J connectivity index is 1.80. The molecule has 208 valence electrons. The molecule has 9 heteroatoms. The average Bonchev–Trinajstić information content (AvgIpc) is 3.75. The lowest BCUT2D eigenvalue weighted by Gasteiger charge is -2.33. The van der Waals surface area contributed by atoms with Gasteiger partial charge in [0.25, 0.3) is 5.91 Å². The predicted octanol–water partition coefficient (Wildman–Crippen LogP) is 2.18. The first-order valence-corrected chi connectivity index (χ1v) is 14.1. The molecule has 3 aliphatic rings. The molecular weight excluding hydrogens is 472 g/mol. The Hall–Kier alpha value is -2.45. The molecule has 9 nitrogen and oxygen atoms in total. The number of hydrogen-bond acceptors (Lipinski definition) is 5. The van der Waals surface area contributed by atoms with Gasteiger partial charge in [-0.1, -0.05) is 54.4 Å². The zero-order valence-corrected chi connectivity index (χ0v) is 23.3. The van der Waals surface area contributed by atoms with Gasteiger partial charge in [-0.25, -0.2) is 0 Å². The zero-order valence-electron chi connectivity index (χ0n) is 23.3. The van der Waals surface area contributed by atoms with Crippen molar-refractivity contribution in [3.8, 4) is 0 Å². The van der Waals surface area contributed by atoms with Gasteiger partial charge in [-0.3, -0.25) is 24.0 Å². The van der Waals surface area contributed by atoms with Crippen LogP contribution in [0, 0.1) is 29.6 Å². The highest BCUT2D eigenvalue weighted by Crippen LogP contribution is 2.35. The first kappa shape index (κ1) is 29.1. The van der Waals surface area contributed by atoms with Crippen molar-refractivity contribution in [1.29, 1.82) is 0 Å². The highest BCUT2D eigenvalue weighted by atomic mass is 16.2. The fraction of sp³-hybridized carbons (Fsp3) is 0.821. The summed E-state index contributed by atoms with van der Waals surface area (Å²) in [5, 5.41) is 8.50. The van der Waals surface area contributed by atoms with E-state index < -0.39 is 29.8 Å². The third-order valence-electron chi connectivity index (χ3n) is 7.64. The monoisotopic (exact) mass is 518 g/mol. The quantitative estimate of drug-likeness (QED) is 0.322. The molecule has 3 rings (SSSR count). The van der Waals surface area contributed by atoms with Crippen molar-refractivity contribution < 1.29 is 24.0 Å². The molecule has 0 bridgehead atoms. The molecule has 2 aliphatic carbocycles. The minimum absolute atomic E-state index is 0.0566. The molecule has 4 amide bonds. The third kappa shape index (κ3) is 8.01. The Kier molecular flexibility index (Phi) is 9.75. The van der Waals surface area contributed by atoms with E-state index in [1.165, 1.54) is 0 Å². The van der Waals surface area contributed by atoms with Crippen molar-refractivity contribution >= 4 is 29.4 Å². The number of nitrogens with one attached hydrogen (secondary N) is 3. The second-order valence-electron chi connectivity index (χ2n) is 12.4. The van der Waals surface area contributed by atoms with Gasteiger partial charge in [0.05, 0.1) is 6.04 Å². The number of carbonyl (C=O) groups excluding carboxylic acids is 5. The summed E-state index contributed by atoms with van der Waals surface area (Å²) in [7, 11) is 0. The second-order valence-corrected chi connectivity index (χ2v) is 12.4. The van der Waals surface area contributed by atoms with Crippen LogP contribution in [0.4, 0.5) is 0 Å². The topological polar surface area (TPSA) is 125 Å². The van der Waals surface area contributed by atoms with E-state index in [-0.39, 0.29) is 41.5 Å². The van der Waals surface area contributed by atoms with E-state index in [0.29, 0.717) is 31.2 Å². The van der Waals surface area contributed by atoms with Gasteiger partial charge >= 0.3 is 0 Å². The van der Waals surface area contributed by atoms with Gasteiger partial charge in [0.15, 0.2) is 0 Å². The number of nitrogens with zero attached hydrogens (tertiary/aromatic N) is 1. The molecule has 0 aromatic carbocycles. The van der Waals surface area contributed by atoms with Gasteiger partial charge < -0.3 is 20.9 Å². The molecule has 0 aromatic rings. The maximum Gasteiger partial charge on any atom is 0.289 e. The van der Waals surface area contributed by atoms with Gasteiger partial charge in [0.2, 0.25) is 23.5 Å². The Morgan fingerprint density at radius 1 is 0.838 bits per heavy atom. The van der Waals surface area contributed by atoms with Crippen LogP contribution in [0.1, 0.15) is 86.5 Å². The van der Waals surface area contributed by atoms with E-state index in [1.54, 1.807) is 18.7 Å². The number of rotatable bonds is 13. The highest BCUT2D eigenvalue weighted by molar-refractivity contribution is 6.38. The lowest BCUT2D eigenvalue weighted by atomic mass is 9.89. The minimum Gasteiger partial charge on any atom is -0.347 e. The van der Waals surface area contributed by atoms with E-state index in [9.17, 15) is 24.0 Å². The van der Waals surface area contributed by atoms with Crippen LogP contribution in [0.3, 0.4) is 0 Å². The minimum atomic E-state index is -0.891. The standard InChI is InChI=1S/C28H46N4O5/c1-15(2)13-19-11-12-32(28(37)22(16(3)4)31-25(34)17(5)6)23(19)26(35)30-21(14-18-7-8-18)24(33)27(36)29-20-9-10-20/h15-23H,7-14H2,1-6H3,(H,29,36)(H,30,35)(H,31,34)/t19-,21?,22+,23+/m1/s1. The molecule has 0 spiro atoms. The van der Waals surface area contributed by atoms with Crippen LogP contribution in [0.25, 0.3) is 0 Å². The highest BCUT2D eigenvalue weighted by Gasteiger charge is 2.46. The average molecular weight is 519 g/mol. The molecule has 3 N–H and O–H groups in total. The molecule has 37 heavy (non-hydrogen) atoms. The molecule has 1 unspecified atom stereocenters. The molecule has 4 atom stereocenters. The summed E-state index contributed by atoms with van der Waals surface area (Å²) in [5.41, 5.74) is 0. The van der Waals surface area contributed by atoms with Crippen LogP contribution in [0.2, 0.25) is 0 Å². The van der Waals surface area contributed by atoms with E-state index in [4.69, 9.17) is 0 Å². The van der Waals surface area contributed by atoms with E-state index in [2.05, 4.69) is 29.8 Å². The van der Waals surface area contributed by atoms with Gasteiger partial charge in [-0.2, -0.15) is 0 Å². The van der Waals surface area contributed by atoms with Crippen LogP contribution in [0.5, 0.6) is 0 Å². The van der Waals surface area contributed by atoms with Crippen LogP contribution < -0.4 is 16.0 Å². The maximum atomic E-state index is 13.8. The van der Waals surface area contributed by atoms with Crippen molar-refractivity contribution in [2.45, 2.75) is 111 Å². The first-order valence-electron chi connectivity index (χ1n) is 14.1. The Labute approximate surface area is 221 Å². The van der Waals surface area contributed by atoms with E-state index in [0.717, 1.165) is 32.1 Å². The molecular formula is C28H46N4O5. The number of carbonyl (C=O) groups is 5. The largest absolute Gasteiger partial charge is 0.347 e. The second kappa shape index (κ2) is 12.4. The number of hydrogen-bond donors (Lipinski definition) is 3. The lowest BCUT2D eigenvalue weighted by Crippen LogP contribution is -2.58. The van der Waals surface area contributed by atoms with Crippen LogP contribution in [-0.4, -0.2) is 65.0 Å². The summed E-state index contributed by atoms with van der Waals surface area (Å²) in [5.74, 6) is -1.93. The maximum absolute atomic E-state index is 13.8. The summed E-state index contributed by atoms with van der Waals surface area (Å²) >= 11 is 0. The van der Waals surface area contributed by atoms with E-state index in [1.807, 2.05) is 13.8 Å². The van der Waals surface area contributed by atoms with Crippen molar-refractivity contribution in [3.63, 3.8) is 0 Å². The molecule has 1 heterocycles. The smallest absolute Gasteiger partial charge is 0.289 e. The lowest BCUT2D eigenvalue weighted by molar-refractivity contribution is -0.145. The summed E-state index contributed by atoms with van der Waals surface area (Å²) in [6, 6.07) is -2.32.